The van der Waals surface area contributed by atoms with Gasteiger partial charge in [0.2, 0.25) is 0 Å². The molecule has 1 aliphatic carbocycles. The molecule has 0 aromatic rings. The van der Waals surface area contributed by atoms with Gasteiger partial charge in [-0.15, -0.1) is 0 Å². The first-order valence-corrected chi connectivity index (χ1v) is 24.4. The first kappa shape index (κ1) is 56.3. The van der Waals surface area contributed by atoms with Crippen LogP contribution in [0.2, 0.25) is 0 Å². The Morgan fingerprint density at radius 3 is 1.92 bits per heavy atom. The Bertz CT molecular complexity index is 1340. The number of aliphatic hydroxyl groups is 3. The summed E-state index contributed by atoms with van der Waals surface area (Å²) in [6, 6.07) is -1.56. The van der Waals surface area contributed by atoms with E-state index >= 15 is 0 Å². The number of aliphatic hydroxyl groups excluding tert-OH is 3. The van der Waals surface area contributed by atoms with Gasteiger partial charge >= 0.3 is 25.7 Å². The molecule has 1 saturated carbocycles. The van der Waals surface area contributed by atoms with Crippen molar-refractivity contribution in [1.29, 1.82) is 0 Å². The van der Waals surface area contributed by atoms with Crippen molar-refractivity contribution < 1.29 is 62.8 Å². The fourth-order valence-electron chi connectivity index (χ4n) is 6.99. The van der Waals surface area contributed by atoms with Crippen molar-refractivity contribution in [3.8, 4) is 0 Å². The summed E-state index contributed by atoms with van der Waals surface area (Å²) >= 11 is 0. The van der Waals surface area contributed by atoms with Crippen LogP contribution in [-0.2, 0) is 37.5 Å². The van der Waals surface area contributed by atoms with E-state index in [9.17, 15) is 39.2 Å². The number of esters is 2. The lowest BCUT2D eigenvalue weighted by molar-refractivity contribution is -0.161. The van der Waals surface area contributed by atoms with Crippen LogP contribution in [0.15, 0.2) is 48.6 Å². The zero-order valence-electron chi connectivity index (χ0n) is 37.1. The molecular weight excluding hydrogens is 805 g/mol. The third kappa shape index (κ3) is 30.1. The molecule has 1 rings (SSSR count). The number of ether oxygens (including phenoxy) is 2. The van der Waals surface area contributed by atoms with Gasteiger partial charge < -0.3 is 40.5 Å². The van der Waals surface area contributed by atoms with Crippen LogP contribution in [0.4, 0.5) is 0 Å². The van der Waals surface area contributed by atoms with Gasteiger partial charge in [-0.25, -0.2) is 4.57 Å². The van der Waals surface area contributed by atoms with Gasteiger partial charge in [-0.3, -0.25) is 23.4 Å². The molecule has 0 bridgehead atoms. The van der Waals surface area contributed by atoms with E-state index in [1.807, 2.05) is 6.08 Å². The fourth-order valence-corrected chi connectivity index (χ4v) is 7.77. The van der Waals surface area contributed by atoms with Crippen LogP contribution < -0.4 is 5.73 Å². The number of carboxylic acid groups (broad SMARTS) is 1. The van der Waals surface area contributed by atoms with Crippen LogP contribution in [0, 0.1) is 11.8 Å². The second-order valence-electron chi connectivity index (χ2n) is 16.1. The number of phosphoric acid groups is 1. The van der Waals surface area contributed by atoms with Gasteiger partial charge in [0.05, 0.1) is 31.5 Å². The average Bonchev–Trinajstić information content (AvgIpc) is 3.49. The smallest absolute Gasteiger partial charge is 0.472 e. The van der Waals surface area contributed by atoms with Gasteiger partial charge in [0, 0.05) is 25.2 Å². The summed E-state index contributed by atoms with van der Waals surface area (Å²) in [6.45, 7) is 2.44. The van der Waals surface area contributed by atoms with Crippen LogP contribution in [0.3, 0.4) is 0 Å². The number of rotatable bonds is 38. The van der Waals surface area contributed by atoms with Crippen LogP contribution in [0.5, 0.6) is 0 Å². The van der Waals surface area contributed by atoms with E-state index in [1.165, 1.54) is 19.3 Å². The van der Waals surface area contributed by atoms with Crippen LogP contribution in [0.1, 0.15) is 162 Å². The first-order valence-electron chi connectivity index (χ1n) is 22.9. The largest absolute Gasteiger partial charge is 0.480 e. The highest BCUT2D eigenvalue weighted by atomic mass is 31.2. The van der Waals surface area contributed by atoms with Crippen molar-refractivity contribution in [2.24, 2.45) is 17.6 Å². The topological polar surface area (TPSA) is 232 Å². The maximum Gasteiger partial charge on any atom is 0.472 e. The quantitative estimate of drug-likeness (QED) is 0.0148. The summed E-state index contributed by atoms with van der Waals surface area (Å²) < 4.78 is 32.7. The van der Waals surface area contributed by atoms with E-state index in [4.69, 9.17) is 24.8 Å². The molecular formula is C46H80NO13P. The number of carboxylic acids is 1. The van der Waals surface area contributed by atoms with Gasteiger partial charge in [-0.05, 0) is 70.1 Å². The lowest BCUT2D eigenvalue weighted by atomic mass is 9.88. The van der Waals surface area contributed by atoms with Crippen molar-refractivity contribution in [3.05, 3.63) is 48.6 Å². The van der Waals surface area contributed by atoms with Gasteiger partial charge in [0.25, 0.3) is 0 Å². The number of nitrogens with two attached hydrogens (primary N) is 1. The molecule has 14 nitrogen and oxygen atoms in total. The summed E-state index contributed by atoms with van der Waals surface area (Å²) in [7, 11) is -4.78. The highest BCUT2D eigenvalue weighted by Gasteiger charge is 2.39. The van der Waals surface area contributed by atoms with Crippen LogP contribution in [0.25, 0.3) is 0 Å². The second kappa shape index (κ2) is 35.7. The first-order chi connectivity index (χ1) is 29.3. The summed E-state index contributed by atoms with van der Waals surface area (Å²) in [6.07, 6.45) is 32.4. The Morgan fingerprint density at radius 1 is 0.721 bits per heavy atom. The van der Waals surface area contributed by atoms with Crippen molar-refractivity contribution in [3.63, 3.8) is 0 Å². The minimum Gasteiger partial charge on any atom is -0.480 e. The summed E-state index contributed by atoms with van der Waals surface area (Å²) in [4.78, 5) is 46.2. The maximum absolute atomic E-state index is 12.7. The third-order valence-electron chi connectivity index (χ3n) is 10.6. The molecule has 61 heavy (non-hydrogen) atoms. The van der Waals surface area contributed by atoms with Crippen molar-refractivity contribution >= 4 is 25.7 Å². The van der Waals surface area contributed by atoms with E-state index in [2.05, 4.69) is 54.8 Å². The molecule has 7 N–H and O–H groups in total. The molecule has 0 radical (unpaired) electrons. The Kier molecular flexibility index (Phi) is 33.0. The maximum atomic E-state index is 12.7. The Morgan fingerprint density at radius 2 is 1.28 bits per heavy atom. The molecule has 0 saturated heterocycles. The molecule has 0 aromatic heterocycles. The lowest BCUT2D eigenvalue weighted by Crippen LogP contribution is -2.34. The number of carbonyl (C=O) groups excluding carboxylic acids is 2. The lowest BCUT2D eigenvalue weighted by Gasteiger charge is -2.21. The third-order valence-corrected chi connectivity index (χ3v) is 11.6. The number of carbonyl (C=O) groups is 3. The molecule has 1 aliphatic rings. The highest BCUT2D eigenvalue weighted by molar-refractivity contribution is 7.47. The predicted octanol–water partition coefficient (Wildman–Crippen LogP) is 8.55. The molecule has 0 heterocycles. The number of phosphoric ester groups is 1. The van der Waals surface area contributed by atoms with Crippen molar-refractivity contribution in [1.82, 2.24) is 0 Å². The van der Waals surface area contributed by atoms with Gasteiger partial charge in [0.1, 0.15) is 12.6 Å². The molecule has 1 unspecified atom stereocenters. The zero-order chi connectivity index (χ0) is 45.1. The molecule has 0 aromatic carbocycles. The van der Waals surface area contributed by atoms with E-state index in [0.29, 0.717) is 38.5 Å². The monoisotopic (exact) mass is 886 g/mol. The van der Waals surface area contributed by atoms with Gasteiger partial charge in [-0.2, -0.15) is 0 Å². The number of allylic oxidation sites excluding steroid dienone is 6. The van der Waals surface area contributed by atoms with Gasteiger partial charge in [-0.1, -0.05) is 127 Å². The molecule has 15 heteroatoms. The Balaban J connectivity index is 2.47. The number of hydrogen-bond donors (Lipinski definition) is 6. The van der Waals surface area contributed by atoms with Gasteiger partial charge in [0.15, 0.2) is 6.10 Å². The molecule has 0 aliphatic heterocycles. The van der Waals surface area contributed by atoms with Crippen LogP contribution >= 0.6 is 7.82 Å². The second-order valence-corrected chi connectivity index (χ2v) is 17.6. The summed E-state index contributed by atoms with van der Waals surface area (Å²) in [5, 5.41) is 40.3. The fraction of sp³-hybridized carbons (Fsp3) is 0.761. The molecule has 0 amide bonds. The highest BCUT2D eigenvalue weighted by Crippen LogP contribution is 2.43. The summed E-state index contributed by atoms with van der Waals surface area (Å²) in [5.74, 6) is -2.91. The standard InChI is InChI=1S/C46H80NO13P/c1-3-5-7-8-9-10-11-12-13-14-15-16-17-18-19-20-26-30-45(52)60-38(35-58-61(55,56)59-36-41(47)46(53)54)34-57-44(51)29-25-22-21-24-28-39-40(43(50)33-42(39)49)32-31-37(48)27-23-6-4-2/h9-10,12-13,15-16,31-32,37-43,48-50H,3-8,11,14,17-30,33-36,47H2,1-2H3,(H,53,54)(H,55,56)/b10-9-,13-12-,16-15-,32-31+/t37-,38+,39+,40+,41-,42-,43+/m0/s1. The SMILES string of the molecule is CCCCC/C=C\C/C=C\C/C=C\CCCCCCC(=O)O[C@H](COC(=O)CCCCCC[C@@H]1[C@@H](/C=C/[C@@H](O)CCCCC)[C@H](O)C[C@@H]1O)COP(=O)(O)OC[C@H](N)C(=O)O. The van der Waals surface area contributed by atoms with E-state index in [1.54, 1.807) is 6.08 Å². The van der Waals surface area contributed by atoms with E-state index in [-0.39, 0.29) is 24.7 Å². The Labute approximate surface area is 365 Å². The Hall–Kier alpha value is -2.68. The van der Waals surface area contributed by atoms with E-state index in [0.717, 1.165) is 77.0 Å². The minimum atomic E-state index is -4.78. The number of aliphatic carboxylic acids is 1. The molecule has 8 atom stereocenters. The van der Waals surface area contributed by atoms with Crippen molar-refractivity contribution in [2.45, 2.75) is 192 Å². The van der Waals surface area contributed by atoms with Crippen LogP contribution in [-0.4, -0.2) is 93.5 Å². The van der Waals surface area contributed by atoms with Crippen molar-refractivity contribution in [2.75, 3.05) is 19.8 Å². The number of hydrogen-bond acceptors (Lipinski definition) is 12. The minimum absolute atomic E-state index is 0.0883. The zero-order valence-corrected chi connectivity index (χ0v) is 38.0. The predicted molar refractivity (Wildman–Crippen MR) is 237 cm³/mol. The number of unbranched alkanes of at least 4 members (excludes halogenated alkanes) is 12. The average molecular weight is 886 g/mol. The molecule has 1 fully saturated rings. The summed E-state index contributed by atoms with van der Waals surface area (Å²) in [5.41, 5.74) is 5.33. The molecule has 352 valence electrons. The molecule has 0 spiro atoms. The normalized spacial score (nSPS) is 20.8. The van der Waals surface area contributed by atoms with E-state index < -0.39 is 76.0 Å².